The number of benzene rings is 1. The van der Waals surface area contributed by atoms with Crippen LogP contribution in [0.15, 0.2) is 12.1 Å². The standard InChI is InChI=1S/C17H17ClN2O10S/c1-17(14(15(25)26)20-10(23)4-11(20)31(17,28)29)6-30-16(27)19-5-9(22)7-2-3-8(21)13(24)12(7)18/h2-3,11,14,21,24H,4-6H2,1H3,(H,19,27)(H,25,26)/t11-,14+,17+/m1/s1. The molecule has 0 aliphatic carbocycles. The van der Waals surface area contributed by atoms with Gasteiger partial charge in [0, 0.05) is 5.56 Å². The van der Waals surface area contributed by atoms with Crippen LogP contribution in [0, 0.1) is 0 Å². The number of nitrogens with zero attached hydrogens (tertiary/aromatic N) is 1. The summed E-state index contributed by atoms with van der Waals surface area (Å²) in [5.74, 6) is -4.20. The summed E-state index contributed by atoms with van der Waals surface area (Å²) in [6.07, 6.45) is -1.56. The van der Waals surface area contributed by atoms with E-state index in [-0.39, 0.29) is 12.0 Å². The minimum absolute atomic E-state index is 0.198. The van der Waals surface area contributed by atoms with E-state index >= 15 is 0 Å². The lowest BCUT2D eigenvalue weighted by Gasteiger charge is -2.35. The SMILES string of the molecule is C[C@]1(COC(=O)NCC(=O)c2ccc(O)c(O)c2Cl)[C@H](C(=O)O)N2C(=O)C[C@H]2S1(=O)=O. The number of fused-ring (bicyclic) bond motifs is 1. The van der Waals surface area contributed by atoms with Gasteiger partial charge in [0.1, 0.15) is 16.7 Å². The predicted octanol–water partition coefficient (Wildman–Crippen LogP) is -0.141. The second-order valence-corrected chi connectivity index (χ2v) is 10.2. The third kappa shape index (κ3) is 3.43. The molecule has 0 bridgehead atoms. The van der Waals surface area contributed by atoms with Crippen molar-refractivity contribution in [2.24, 2.45) is 0 Å². The van der Waals surface area contributed by atoms with Gasteiger partial charge in [-0.15, -0.1) is 0 Å². The number of carbonyl (C=O) groups excluding carboxylic acids is 3. The Hall–Kier alpha value is -3.06. The lowest BCUT2D eigenvalue weighted by atomic mass is 9.97. The quantitative estimate of drug-likeness (QED) is 0.244. The Labute approximate surface area is 180 Å². The molecule has 4 N–H and O–H groups in total. The number of ether oxygens (including phenoxy) is 1. The van der Waals surface area contributed by atoms with Gasteiger partial charge in [0.2, 0.25) is 5.91 Å². The van der Waals surface area contributed by atoms with Gasteiger partial charge in [-0.05, 0) is 19.1 Å². The molecular weight excluding hydrogens is 460 g/mol. The van der Waals surface area contributed by atoms with E-state index in [4.69, 9.17) is 16.3 Å². The Morgan fingerprint density at radius 2 is 1.97 bits per heavy atom. The van der Waals surface area contributed by atoms with E-state index in [0.717, 1.165) is 24.0 Å². The van der Waals surface area contributed by atoms with Crippen LogP contribution >= 0.6 is 11.6 Å². The first-order chi connectivity index (χ1) is 14.3. The van der Waals surface area contributed by atoms with E-state index < -0.39 is 79.4 Å². The molecule has 12 nitrogen and oxygen atoms in total. The van der Waals surface area contributed by atoms with E-state index in [1.165, 1.54) is 0 Å². The Bertz CT molecular complexity index is 1100. The van der Waals surface area contributed by atoms with Crippen molar-refractivity contribution in [3.05, 3.63) is 22.7 Å². The lowest BCUT2D eigenvalue weighted by Crippen LogP contribution is -2.58. The van der Waals surface area contributed by atoms with Crippen LogP contribution in [0.25, 0.3) is 0 Å². The number of Topliss-reactive ketones (excluding diaryl/α,β-unsaturated/α-hetero) is 1. The highest BCUT2D eigenvalue weighted by atomic mass is 35.5. The van der Waals surface area contributed by atoms with Crippen molar-refractivity contribution in [1.82, 2.24) is 10.2 Å². The minimum atomic E-state index is -4.16. The number of amides is 2. The summed E-state index contributed by atoms with van der Waals surface area (Å²) in [6, 6.07) is 0.421. The Kier molecular flexibility index (Phi) is 5.52. The molecule has 0 radical (unpaired) electrons. The zero-order valence-corrected chi connectivity index (χ0v) is 17.4. The van der Waals surface area contributed by atoms with Gasteiger partial charge in [-0.3, -0.25) is 9.59 Å². The number of sulfone groups is 1. The molecule has 0 spiro atoms. The number of nitrogens with one attached hydrogen (secondary N) is 1. The second-order valence-electron chi connectivity index (χ2n) is 7.21. The molecule has 0 unspecified atom stereocenters. The summed E-state index contributed by atoms with van der Waals surface area (Å²) in [5, 5.41) is 28.7. The van der Waals surface area contributed by atoms with Gasteiger partial charge in [0.05, 0.1) is 18.0 Å². The number of hydrogen-bond donors (Lipinski definition) is 4. The number of phenolic OH excluding ortho intramolecular Hbond substituents is 2. The highest BCUT2D eigenvalue weighted by molar-refractivity contribution is 7.94. The van der Waals surface area contributed by atoms with Crippen molar-refractivity contribution in [1.29, 1.82) is 0 Å². The first kappa shape index (κ1) is 22.6. The Balaban J connectivity index is 1.66. The van der Waals surface area contributed by atoms with Gasteiger partial charge < -0.3 is 30.3 Å². The molecule has 2 heterocycles. The molecule has 1 aromatic carbocycles. The monoisotopic (exact) mass is 476 g/mol. The van der Waals surface area contributed by atoms with E-state index in [2.05, 4.69) is 5.32 Å². The van der Waals surface area contributed by atoms with E-state index in [1.54, 1.807) is 0 Å². The van der Waals surface area contributed by atoms with Crippen molar-refractivity contribution < 1.29 is 47.7 Å². The zero-order chi connectivity index (χ0) is 23.3. The molecule has 3 atom stereocenters. The summed E-state index contributed by atoms with van der Waals surface area (Å²) in [6.45, 7) is -0.445. The number of rotatable bonds is 6. The zero-order valence-electron chi connectivity index (χ0n) is 15.9. The van der Waals surface area contributed by atoms with E-state index in [1.807, 2.05) is 0 Å². The smallest absolute Gasteiger partial charge is 0.407 e. The minimum Gasteiger partial charge on any atom is -0.504 e. The van der Waals surface area contributed by atoms with Crippen LogP contribution in [0.3, 0.4) is 0 Å². The summed E-state index contributed by atoms with van der Waals surface area (Å²) >= 11 is 5.77. The fraction of sp³-hybridized carbons (Fsp3) is 0.412. The summed E-state index contributed by atoms with van der Waals surface area (Å²) in [4.78, 5) is 48.3. The van der Waals surface area contributed by atoms with Crippen molar-refractivity contribution in [2.75, 3.05) is 13.2 Å². The molecule has 0 aromatic heterocycles. The van der Waals surface area contributed by atoms with Crippen LogP contribution in [0.4, 0.5) is 4.79 Å². The van der Waals surface area contributed by atoms with Gasteiger partial charge in [-0.25, -0.2) is 18.0 Å². The van der Waals surface area contributed by atoms with Crippen LogP contribution < -0.4 is 5.32 Å². The first-order valence-corrected chi connectivity index (χ1v) is 10.7. The molecule has 31 heavy (non-hydrogen) atoms. The van der Waals surface area contributed by atoms with Crippen molar-refractivity contribution in [2.45, 2.75) is 29.5 Å². The second kappa shape index (κ2) is 7.57. The number of hydrogen-bond acceptors (Lipinski definition) is 9. The van der Waals surface area contributed by atoms with Crippen LogP contribution in [0.1, 0.15) is 23.7 Å². The fourth-order valence-corrected chi connectivity index (χ4v) is 6.09. The lowest BCUT2D eigenvalue weighted by molar-refractivity contribution is -0.158. The molecule has 168 valence electrons. The van der Waals surface area contributed by atoms with Crippen LogP contribution in [0.5, 0.6) is 11.5 Å². The molecule has 2 fully saturated rings. The summed E-state index contributed by atoms with van der Waals surface area (Å²) in [7, 11) is -4.16. The average molecular weight is 477 g/mol. The van der Waals surface area contributed by atoms with Crippen LogP contribution in [-0.2, 0) is 24.2 Å². The van der Waals surface area contributed by atoms with Crippen molar-refractivity contribution in [3.63, 3.8) is 0 Å². The van der Waals surface area contributed by atoms with Crippen molar-refractivity contribution in [3.8, 4) is 11.5 Å². The number of halogens is 1. The number of β-lactam (4-membered cyclic amide) rings is 1. The number of aromatic hydroxyl groups is 2. The van der Waals surface area contributed by atoms with Crippen LogP contribution in [0.2, 0.25) is 5.02 Å². The van der Waals surface area contributed by atoms with Gasteiger partial charge in [-0.2, -0.15) is 0 Å². The van der Waals surface area contributed by atoms with Gasteiger partial charge >= 0.3 is 12.1 Å². The maximum Gasteiger partial charge on any atom is 0.407 e. The molecule has 0 saturated carbocycles. The molecule has 3 rings (SSSR count). The number of ketones is 1. The molecule has 2 aliphatic heterocycles. The normalized spacial score (nSPS) is 26.0. The first-order valence-electron chi connectivity index (χ1n) is 8.74. The third-order valence-corrected chi connectivity index (χ3v) is 8.46. The Morgan fingerprint density at radius 3 is 2.55 bits per heavy atom. The summed E-state index contributed by atoms with van der Waals surface area (Å²) in [5.41, 5.74) is -0.198. The highest BCUT2D eigenvalue weighted by Gasteiger charge is 2.70. The topological polar surface area (TPSA) is 188 Å². The number of carboxylic acid groups (broad SMARTS) is 1. The number of carboxylic acids is 1. The third-order valence-electron chi connectivity index (χ3n) is 5.32. The molecular formula is C17H17ClN2O10S. The number of alkyl carbamates (subject to hydrolysis) is 1. The largest absolute Gasteiger partial charge is 0.504 e. The van der Waals surface area contributed by atoms with Gasteiger partial charge in [0.25, 0.3) is 0 Å². The number of aliphatic carboxylic acids is 1. The molecule has 14 heteroatoms. The fourth-order valence-electron chi connectivity index (χ4n) is 3.55. The van der Waals surface area contributed by atoms with Gasteiger partial charge in [-0.1, -0.05) is 11.6 Å². The predicted molar refractivity (Wildman–Crippen MR) is 102 cm³/mol. The molecule has 2 saturated heterocycles. The molecule has 1 aromatic rings. The Morgan fingerprint density at radius 1 is 1.32 bits per heavy atom. The van der Waals surface area contributed by atoms with Crippen molar-refractivity contribution >= 4 is 45.2 Å². The van der Waals surface area contributed by atoms with E-state index in [9.17, 15) is 42.9 Å². The maximum atomic E-state index is 12.7. The number of carbonyl (C=O) groups is 4. The van der Waals surface area contributed by atoms with Gasteiger partial charge in [0.15, 0.2) is 33.2 Å². The maximum absolute atomic E-state index is 12.7. The van der Waals surface area contributed by atoms with Crippen LogP contribution in [-0.4, -0.2) is 81.7 Å². The summed E-state index contributed by atoms with van der Waals surface area (Å²) < 4.78 is 28.2. The molecule has 2 amide bonds. The highest BCUT2D eigenvalue weighted by Crippen LogP contribution is 2.46. The molecule has 2 aliphatic rings. The van der Waals surface area contributed by atoms with E-state index in [0.29, 0.717) is 0 Å². The number of phenols is 2. The average Bonchev–Trinajstić information content (AvgIpc) is 2.83.